The summed E-state index contributed by atoms with van der Waals surface area (Å²) in [5, 5.41) is 8.16. The average Bonchev–Trinajstić information content (AvgIpc) is 2.96. The summed E-state index contributed by atoms with van der Waals surface area (Å²) in [6.45, 7) is 7.48. The third-order valence-corrected chi connectivity index (χ3v) is 3.98. The van der Waals surface area contributed by atoms with Crippen LogP contribution in [0.3, 0.4) is 0 Å². The molecule has 2 atom stereocenters. The van der Waals surface area contributed by atoms with Crippen molar-refractivity contribution in [3.63, 3.8) is 0 Å². The number of furan rings is 1. The molecule has 1 saturated heterocycles. The van der Waals surface area contributed by atoms with Crippen LogP contribution in [0.1, 0.15) is 26.2 Å². The topological polar surface area (TPSA) is 55.3 Å². The van der Waals surface area contributed by atoms with Crippen molar-refractivity contribution < 1.29 is 8.83 Å². The van der Waals surface area contributed by atoms with Crippen molar-refractivity contribution in [3.8, 4) is 11.7 Å². The van der Waals surface area contributed by atoms with Crippen LogP contribution in [-0.2, 0) is 6.54 Å². The van der Waals surface area contributed by atoms with Gasteiger partial charge in [-0.2, -0.15) is 0 Å². The first-order valence-corrected chi connectivity index (χ1v) is 7.70. The summed E-state index contributed by atoms with van der Waals surface area (Å²) in [6.07, 6.45) is 1.30. The van der Waals surface area contributed by atoms with Gasteiger partial charge in [0, 0.05) is 13.1 Å². The minimum Gasteiger partial charge on any atom is -0.444 e. The Kier molecular flexibility index (Phi) is 3.94. The summed E-state index contributed by atoms with van der Waals surface area (Å²) >= 11 is 3.26. The summed E-state index contributed by atoms with van der Waals surface area (Å²) in [5.74, 6) is 3.12. The fraction of sp³-hybridized carbons (Fsp3) is 0.571. The number of hydrogen-bond acceptors (Lipinski definition) is 5. The maximum absolute atomic E-state index is 5.68. The zero-order chi connectivity index (χ0) is 14.1. The second-order valence-electron chi connectivity index (χ2n) is 5.74. The van der Waals surface area contributed by atoms with Gasteiger partial charge in [-0.25, -0.2) is 0 Å². The quantitative estimate of drug-likeness (QED) is 0.855. The molecule has 0 saturated carbocycles. The predicted octanol–water partition coefficient (Wildman–Crippen LogP) is 3.57. The lowest BCUT2D eigenvalue weighted by Crippen LogP contribution is -2.38. The molecule has 20 heavy (non-hydrogen) atoms. The fourth-order valence-corrected chi connectivity index (χ4v) is 3.27. The normalized spacial score (nSPS) is 24.1. The summed E-state index contributed by atoms with van der Waals surface area (Å²) in [6, 6.07) is 3.62. The van der Waals surface area contributed by atoms with E-state index in [4.69, 9.17) is 8.83 Å². The van der Waals surface area contributed by atoms with Crippen molar-refractivity contribution in [2.45, 2.75) is 26.8 Å². The highest BCUT2D eigenvalue weighted by atomic mass is 79.9. The van der Waals surface area contributed by atoms with E-state index in [0.29, 0.717) is 28.8 Å². The standard InChI is InChI=1S/C14H18BrN3O2/c1-9-5-10(2)7-18(6-9)8-13-16-17-14(20-13)11-3-4-12(15)19-11/h3-4,9-10H,5-8H2,1-2H3/t9-,10-/m1/s1. The summed E-state index contributed by atoms with van der Waals surface area (Å²) in [5.41, 5.74) is 0. The Balaban J connectivity index is 1.68. The van der Waals surface area contributed by atoms with Gasteiger partial charge in [0.05, 0.1) is 6.54 Å². The molecule has 0 amide bonds. The molecule has 108 valence electrons. The lowest BCUT2D eigenvalue weighted by atomic mass is 9.92. The van der Waals surface area contributed by atoms with Crippen molar-refractivity contribution in [2.24, 2.45) is 11.8 Å². The van der Waals surface area contributed by atoms with Crippen molar-refractivity contribution >= 4 is 15.9 Å². The van der Waals surface area contributed by atoms with E-state index in [9.17, 15) is 0 Å². The van der Waals surface area contributed by atoms with Gasteiger partial charge in [-0.15, -0.1) is 10.2 Å². The van der Waals surface area contributed by atoms with Crippen molar-refractivity contribution in [1.29, 1.82) is 0 Å². The lowest BCUT2D eigenvalue weighted by Gasteiger charge is -2.33. The Morgan fingerprint density at radius 3 is 2.60 bits per heavy atom. The van der Waals surface area contributed by atoms with Crippen LogP contribution >= 0.6 is 15.9 Å². The van der Waals surface area contributed by atoms with Crippen LogP contribution in [0.25, 0.3) is 11.7 Å². The Morgan fingerprint density at radius 1 is 1.20 bits per heavy atom. The molecule has 0 unspecified atom stereocenters. The molecule has 0 spiro atoms. The van der Waals surface area contributed by atoms with E-state index in [1.165, 1.54) is 6.42 Å². The molecule has 2 aromatic heterocycles. The SMILES string of the molecule is C[C@@H]1C[C@@H](C)CN(Cc2nnc(-c3ccc(Br)o3)o2)C1. The molecule has 1 aliphatic heterocycles. The predicted molar refractivity (Wildman–Crippen MR) is 77.9 cm³/mol. The molecule has 1 aliphatic rings. The van der Waals surface area contributed by atoms with Crippen LogP contribution in [0.4, 0.5) is 0 Å². The highest BCUT2D eigenvalue weighted by molar-refractivity contribution is 9.10. The lowest BCUT2D eigenvalue weighted by molar-refractivity contribution is 0.124. The molecule has 0 aromatic carbocycles. The molecule has 0 aliphatic carbocycles. The van der Waals surface area contributed by atoms with Gasteiger partial charge in [0.1, 0.15) is 0 Å². The molecule has 3 rings (SSSR count). The van der Waals surface area contributed by atoms with E-state index in [-0.39, 0.29) is 0 Å². The minimum absolute atomic E-state index is 0.434. The van der Waals surface area contributed by atoms with Gasteiger partial charge in [-0.3, -0.25) is 4.90 Å². The number of halogens is 1. The Morgan fingerprint density at radius 2 is 1.95 bits per heavy atom. The fourth-order valence-electron chi connectivity index (χ4n) is 2.96. The van der Waals surface area contributed by atoms with Crippen LogP contribution in [0.5, 0.6) is 0 Å². The molecule has 0 radical (unpaired) electrons. The first-order chi connectivity index (χ1) is 9.60. The largest absolute Gasteiger partial charge is 0.444 e. The van der Waals surface area contributed by atoms with Crippen molar-refractivity contribution in [2.75, 3.05) is 13.1 Å². The van der Waals surface area contributed by atoms with E-state index in [1.54, 1.807) is 0 Å². The summed E-state index contributed by atoms with van der Waals surface area (Å²) in [4.78, 5) is 2.38. The van der Waals surface area contributed by atoms with Crippen LogP contribution < -0.4 is 0 Å². The van der Waals surface area contributed by atoms with Crippen LogP contribution in [0, 0.1) is 11.8 Å². The van der Waals surface area contributed by atoms with Gasteiger partial charge in [0.15, 0.2) is 10.4 Å². The Labute approximate surface area is 126 Å². The van der Waals surface area contributed by atoms with Gasteiger partial charge < -0.3 is 8.83 Å². The minimum atomic E-state index is 0.434. The van der Waals surface area contributed by atoms with E-state index < -0.39 is 0 Å². The maximum atomic E-state index is 5.68. The second-order valence-corrected chi connectivity index (χ2v) is 6.53. The number of piperidine rings is 1. The smallest absolute Gasteiger partial charge is 0.283 e. The summed E-state index contributed by atoms with van der Waals surface area (Å²) < 4.78 is 11.7. The first kappa shape index (κ1) is 13.8. The third kappa shape index (κ3) is 3.12. The third-order valence-electron chi connectivity index (χ3n) is 3.55. The van der Waals surface area contributed by atoms with Crippen molar-refractivity contribution in [3.05, 3.63) is 22.7 Å². The summed E-state index contributed by atoms with van der Waals surface area (Å²) in [7, 11) is 0. The van der Waals surface area contributed by atoms with E-state index >= 15 is 0 Å². The average molecular weight is 340 g/mol. The first-order valence-electron chi connectivity index (χ1n) is 6.90. The molecule has 1 fully saturated rings. The van der Waals surface area contributed by atoms with Crippen LogP contribution in [0.2, 0.25) is 0 Å². The Bertz CT molecular complexity index is 570. The molecule has 5 nitrogen and oxygen atoms in total. The number of nitrogens with zero attached hydrogens (tertiary/aromatic N) is 3. The maximum Gasteiger partial charge on any atom is 0.283 e. The molecule has 0 bridgehead atoms. The second kappa shape index (κ2) is 5.69. The zero-order valence-corrected chi connectivity index (χ0v) is 13.3. The zero-order valence-electron chi connectivity index (χ0n) is 11.7. The van der Waals surface area contributed by atoms with Gasteiger partial charge >= 0.3 is 0 Å². The number of aromatic nitrogens is 2. The van der Waals surface area contributed by atoms with Gasteiger partial charge in [0.25, 0.3) is 5.89 Å². The highest BCUT2D eigenvalue weighted by Gasteiger charge is 2.23. The van der Waals surface area contributed by atoms with Crippen molar-refractivity contribution in [1.82, 2.24) is 15.1 Å². The molecular weight excluding hydrogens is 322 g/mol. The van der Waals surface area contributed by atoms with Gasteiger partial charge in [-0.1, -0.05) is 13.8 Å². The molecule has 2 aromatic rings. The number of hydrogen-bond donors (Lipinski definition) is 0. The molecule has 0 N–H and O–H groups in total. The Hall–Kier alpha value is -1.14. The van der Waals surface area contributed by atoms with Gasteiger partial charge in [0.2, 0.25) is 5.89 Å². The van der Waals surface area contributed by atoms with E-state index in [0.717, 1.165) is 24.9 Å². The number of likely N-dealkylation sites (tertiary alicyclic amines) is 1. The van der Waals surface area contributed by atoms with Gasteiger partial charge in [-0.05, 0) is 46.3 Å². The number of rotatable bonds is 3. The van der Waals surface area contributed by atoms with E-state index in [1.807, 2.05) is 12.1 Å². The highest BCUT2D eigenvalue weighted by Crippen LogP contribution is 2.25. The monoisotopic (exact) mass is 339 g/mol. The molecule has 3 heterocycles. The van der Waals surface area contributed by atoms with Crippen LogP contribution in [0.15, 0.2) is 25.6 Å². The van der Waals surface area contributed by atoms with Crippen LogP contribution in [-0.4, -0.2) is 28.2 Å². The van der Waals surface area contributed by atoms with E-state index in [2.05, 4.69) is 44.9 Å². The molecular formula is C14H18BrN3O2. The molecule has 6 heteroatoms.